The Balaban J connectivity index is 3.08. The molecule has 0 radical (unpaired) electrons. The summed E-state index contributed by atoms with van der Waals surface area (Å²) in [5.74, 6) is -0.771. The third kappa shape index (κ3) is 5.51. The number of carbonyl (C=O) groups excluding carboxylic acids is 2. The summed E-state index contributed by atoms with van der Waals surface area (Å²) in [4.78, 5) is 25.7. The van der Waals surface area contributed by atoms with Crippen LogP contribution in [0, 0.1) is 0 Å². The van der Waals surface area contributed by atoms with Crippen LogP contribution >= 0.6 is 11.6 Å². The van der Waals surface area contributed by atoms with Gasteiger partial charge in [0, 0.05) is 18.8 Å². The first-order chi connectivity index (χ1) is 10.6. The highest BCUT2D eigenvalue weighted by molar-refractivity contribution is 7.90. The molecule has 0 atom stereocenters. The monoisotopic (exact) mass is 360 g/mol. The van der Waals surface area contributed by atoms with Gasteiger partial charge in [0.1, 0.15) is 0 Å². The van der Waals surface area contributed by atoms with E-state index in [4.69, 9.17) is 11.6 Å². The number of amides is 2. The van der Waals surface area contributed by atoms with E-state index in [1.54, 1.807) is 6.92 Å². The van der Waals surface area contributed by atoms with Gasteiger partial charge in [-0.3, -0.25) is 9.59 Å². The van der Waals surface area contributed by atoms with Gasteiger partial charge in [-0.05, 0) is 39.0 Å². The van der Waals surface area contributed by atoms with Gasteiger partial charge in [-0.1, -0.05) is 11.6 Å². The van der Waals surface area contributed by atoms with E-state index in [1.165, 1.54) is 23.1 Å². The first-order valence-corrected chi connectivity index (χ1v) is 9.41. The van der Waals surface area contributed by atoms with Crippen molar-refractivity contribution < 1.29 is 18.0 Å². The normalized spacial score (nSPS) is 11.4. The van der Waals surface area contributed by atoms with Gasteiger partial charge >= 0.3 is 0 Å². The minimum atomic E-state index is -3.46. The molecule has 23 heavy (non-hydrogen) atoms. The number of carbonyl (C=O) groups is 2. The minimum absolute atomic E-state index is 0.00735. The fraction of sp³-hybridized carbons (Fsp3) is 0.467. The van der Waals surface area contributed by atoms with Gasteiger partial charge in [-0.2, -0.15) is 0 Å². The number of sulfone groups is 1. The average Bonchev–Trinajstić information content (AvgIpc) is 2.42. The summed E-state index contributed by atoms with van der Waals surface area (Å²) in [6, 6.07) is 3.92. The molecule has 128 valence electrons. The van der Waals surface area contributed by atoms with E-state index in [2.05, 4.69) is 5.32 Å². The molecule has 2 amide bonds. The molecule has 0 fully saturated rings. The third-order valence-corrected chi connectivity index (χ3v) is 4.49. The van der Waals surface area contributed by atoms with Crippen LogP contribution in [-0.4, -0.2) is 50.5 Å². The molecule has 0 aliphatic carbocycles. The van der Waals surface area contributed by atoms with Crippen molar-refractivity contribution in [3.8, 4) is 0 Å². The maximum absolute atomic E-state index is 12.6. The Bertz CT molecular complexity index is 701. The molecule has 8 heteroatoms. The number of rotatable bonds is 6. The fourth-order valence-corrected chi connectivity index (χ4v) is 2.78. The van der Waals surface area contributed by atoms with E-state index in [0.29, 0.717) is 6.54 Å². The molecule has 0 saturated carbocycles. The van der Waals surface area contributed by atoms with E-state index in [0.717, 1.165) is 6.26 Å². The van der Waals surface area contributed by atoms with Crippen LogP contribution in [0.3, 0.4) is 0 Å². The Morgan fingerprint density at radius 2 is 1.91 bits per heavy atom. The first kappa shape index (κ1) is 19.4. The lowest BCUT2D eigenvalue weighted by Gasteiger charge is -2.22. The molecule has 1 N–H and O–H groups in total. The maximum Gasteiger partial charge on any atom is 0.255 e. The number of nitrogens with zero attached hydrogens (tertiary/aromatic N) is 1. The van der Waals surface area contributed by atoms with Crippen LogP contribution in [-0.2, 0) is 14.6 Å². The predicted octanol–water partition coefficient (Wildman–Crippen LogP) is 1.73. The molecule has 1 aromatic carbocycles. The predicted molar refractivity (Wildman–Crippen MR) is 89.4 cm³/mol. The molecular formula is C15H21ClN2O4S. The SMILES string of the molecule is CCN(CC(=O)NC(C)C)C(=O)c1cc(S(C)(=O)=O)ccc1Cl. The topological polar surface area (TPSA) is 83.6 Å². The molecule has 6 nitrogen and oxygen atoms in total. The highest BCUT2D eigenvalue weighted by Crippen LogP contribution is 2.22. The number of hydrogen-bond donors (Lipinski definition) is 1. The van der Waals surface area contributed by atoms with Crippen LogP contribution in [0.4, 0.5) is 0 Å². The smallest absolute Gasteiger partial charge is 0.255 e. The molecule has 0 aliphatic heterocycles. The Hall–Kier alpha value is -1.60. The van der Waals surface area contributed by atoms with Crippen molar-refractivity contribution >= 4 is 33.3 Å². The van der Waals surface area contributed by atoms with E-state index >= 15 is 0 Å². The van der Waals surface area contributed by atoms with Crippen LogP contribution in [0.2, 0.25) is 5.02 Å². The molecule has 1 rings (SSSR count). The van der Waals surface area contributed by atoms with Crippen molar-refractivity contribution in [1.29, 1.82) is 0 Å². The lowest BCUT2D eigenvalue weighted by atomic mass is 10.2. The van der Waals surface area contributed by atoms with Crippen molar-refractivity contribution in [1.82, 2.24) is 10.2 Å². The number of halogens is 1. The summed E-state index contributed by atoms with van der Waals surface area (Å²) in [5, 5.41) is 2.85. The van der Waals surface area contributed by atoms with Crippen LogP contribution in [0.5, 0.6) is 0 Å². The summed E-state index contributed by atoms with van der Waals surface area (Å²) in [6.07, 6.45) is 1.05. The van der Waals surface area contributed by atoms with Crippen molar-refractivity contribution in [2.45, 2.75) is 31.7 Å². The van der Waals surface area contributed by atoms with Crippen LogP contribution in [0.15, 0.2) is 23.1 Å². The molecule has 0 bridgehead atoms. The lowest BCUT2D eigenvalue weighted by molar-refractivity contribution is -0.122. The summed E-state index contributed by atoms with van der Waals surface area (Å²) in [7, 11) is -3.46. The number of nitrogens with one attached hydrogen (secondary N) is 1. The van der Waals surface area contributed by atoms with Gasteiger partial charge in [0.25, 0.3) is 5.91 Å². The van der Waals surface area contributed by atoms with Crippen LogP contribution < -0.4 is 5.32 Å². The second-order valence-electron chi connectivity index (χ2n) is 5.46. The zero-order chi connectivity index (χ0) is 17.8. The van der Waals surface area contributed by atoms with Crippen molar-refractivity contribution in [2.24, 2.45) is 0 Å². The molecule has 1 aromatic rings. The first-order valence-electron chi connectivity index (χ1n) is 7.14. The standard InChI is InChI=1S/C15H21ClN2O4S/c1-5-18(9-14(19)17-10(2)3)15(20)12-8-11(23(4,21)22)6-7-13(12)16/h6-8,10H,5,9H2,1-4H3,(H,17,19). The van der Waals surface area contributed by atoms with Crippen molar-refractivity contribution in [2.75, 3.05) is 19.3 Å². The fourth-order valence-electron chi connectivity index (χ4n) is 1.94. The van der Waals surface area contributed by atoms with E-state index in [-0.39, 0.29) is 34.0 Å². The maximum atomic E-state index is 12.6. The highest BCUT2D eigenvalue weighted by atomic mass is 35.5. The van der Waals surface area contributed by atoms with E-state index in [9.17, 15) is 18.0 Å². The van der Waals surface area contributed by atoms with Crippen LogP contribution in [0.1, 0.15) is 31.1 Å². The van der Waals surface area contributed by atoms with Crippen molar-refractivity contribution in [3.63, 3.8) is 0 Å². The Morgan fingerprint density at radius 3 is 2.39 bits per heavy atom. The molecule has 0 aliphatic rings. The number of likely N-dealkylation sites (N-methyl/N-ethyl adjacent to an activating group) is 1. The van der Waals surface area contributed by atoms with Gasteiger partial charge < -0.3 is 10.2 Å². The molecule has 0 heterocycles. The minimum Gasteiger partial charge on any atom is -0.352 e. The summed E-state index contributed by atoms with van der Waals surface area (Å²) in [5.41, 5.74) is 0.0637. The molecule has 0 unspecified atom stereocenters. The third-order valence-electron chi connectivity index (χ3n) is 3.05. The lowest BCUT2D eigenvalue weighted by Crippen LogP contribution is -2.42. The Morgan fingerprint density at radius 1 is 1.30 bits per heavy atom. The van der Waals surface area contributed by atoms with Gasteiger partial charge in [-0.15, -0.1) is 0 Å². The summed E-state index contributed by atoms with van der Waals surface area (Å²) < 4.78 is 23.3. The molecular weight excluding hydrogens is 340 g/mol. The average molecular weight is 361 g/mol. The quantitative estimate of drug-likeness (QED) is 0.837. The van der Waals surface area contributed by atoms with E-state index < -0.39 is 15.7 Å². The number of hydrogen-bond acceptors (Lipinski definition) is 4. The molecule has 0 aromatic heterocycles. The summed E-state index contributed by atoms with van der Waals surface area (Å²) >= 11 is 6.02. The Kier molecular flexibility index (Phi) is 6.58. The number of benzene rings is 1. The van der Waals surface area contributed by atoms with Crippen LogP contribution in [0.25, 0.3) is 0 Å². The second-order valence-corrected chi connectivity index (χ2v) is 7.88. The van der Waals surface area contributed by atoms with Gasteiger partial charge in [-0.25, -0.2) is 8.42 Å². The van der Waals surface area contributed by atoms with Gasteiger partial charge in [0.05, 0.1) is 22.0 Å². The zero-order valence-corrected chi connectivity index (χ0v) is 15.2. The summed E-state index contributed by atoms with van der Waals surface area (Å²) in [6.45, 7) is 5.55. The second kappa shape index (κ2) is 7.79. The van der Waals surface area contributed by atoms with E-state index in [1.807, 2.05) is 13.8 Å². The highest BCUT2D eigenvalue weighted by Gasteiger charge is 2.21. The Labute approximate surface area is 141 Å². The largest absolute Gasteiger partial charge is 0.352 e. The zero-order valence-electron chi connectivity index (χ0n) is 13.6. The molecule has 0 spiro atoms. The van der Waals surface area contributed by atoms with Gasteiger partial charge in [0.15, 0.2) is 9.84 Å². The van der Waals surface area contributed by atoms with Crippen molar-refractivity contribution in [3.05, 3.63) is 28.8 Å². The molecule has 0 saturated heterocycles. The van der Waals surface area contributed by atoms with Gasteiger partial charge in [0.2, 0.25) is 5.91 Å².